The fourth-order valence-electron chi connectivity index (χ4n) is 2.92. The molecule has 0 heterocycles. The molecule has 0 saturated carbocycles. The van der Waals surface area contributed by atoms with Crippen molar-refractivity contribution in [3.63, 3.8) is 0 Å². The summed E-state index contributed by atoms with van der Waals surface area (Å²) in [6.07, 6.45) is 0.105. The highest BCUT2D eigenvalue weighted by Crippen LogP contribution is 2.48. The Hall–Kier alpha value is -2.57. The summed E-state index contributed by atoms with van der Waals surface area (Å²) in [4.78, 5) is 2.81. The molecule has 136 valence electrons. The molecular weight excluding hydrogens is 369 g/mol. The van der Waals surface area contributed by atoms with Crippen molar-refractivity contribution in [2.24, 2.45) is 5.73 Å². The first-order valence-corrected chi connectivity index (χ1v) is 9.27. The number of alkyl halides is 2. The minimum Gasteiger partial charge on any atom is -0.458 e. The van der Waals surface area contributed by atoms with Gasteiger partial charge in [0.25, 0.3) is 5.92 Å². The Morgan fingerprint density at radius 2 is 2.00 bits per heavy atom. The molecule has 1 aliphatic carbocycles. The monoisotopic (exact) mass is 382 g/mol. The van der Waals surface area contributed by atoms with Crippen molar-refractivity contribution in [2.75, 3.05) is 6.26 Å². The summed E-state index contributed by atoms with van der Waals surface area (Å²) in [6, 6.07) is 3.82. The first-order chi connectivity index (χ1) is 12.0. The van der Waals surface area contributed by atoms with Gasteiger partial charge in [0.2, 0.25) is 0 Å². The molecule has 2 aromatic carbocycles. The van der Waals surface area contributed by atoms with Crippen LogP contribution in [0.25, 0.3) is 4.85 Å². The average molecular weight is 382 g/mol. The fraction of sp³-hybridized carbons (Fsp3) is 0.235. The molecule has 0 saturated heterocycles. The van der Waals surface area contributed by atoms with E-state index in [1.165, 1.54) is 12.1 Å². The van der Waals surface area contributed by atoms with Crippen molar-refractivity contribution in [1.82, 2.24) is 0 Å². The van der Waals surface area contributed by atoms with E-state index in [0.29, 0.717) is 0 Å². The molecule has 9 heteroatoms. The maximum absolute atomic E-state index is 14.1. The predicted molar refractivity (Wildman–Crippen MR) is 87.9 cm³/mol. The molecule has 0 aromatic heterocycles. The summed E-state index contributed by atoms with van der Waals surface area (Å²) in [7, 11) is -3.79. The second-order valence-corrected chi connectivity index (χ2v) is 7.98. The lowest BCUT2D eigenvalue weighted by Gasteiger charge is -2.16. The maximum atomic E-state index is 14.1. The highest BCUT2D eigenvalue weighted by atomic mass is 32.2. The number of ether oxygens (including phenoxy) is 1. The van der Waals surface area contributed by atoms with Gasteiger partial charge in [-0.25, -0.2) is 26.4 Å². The fourth-order valence-corrected chi connectivity index (χ4v) is 3.89. The normalized spacial score (nSPS) is 18.2. The van der Waals surface area contributed by atoms with E-state index in [2.05, 4.69) is 4.85 Å². The third-order valence-electron chi connectivity index (χ3n) is 4.07. The van der Waals surface area contributed by atoms with Crippen LogP contribution in [-0.4, -0.2) is 20.6 Å². The van der Waals surface area contributed by atoms with Crippen LogP contribution in [0.1, 0.15) is 17.2 Å². The molecule has 1 atom stereocenters. The standard InChI is InChI=1S/C17H13F3N2O3S/c1-22-10-5-9(18)6-11(7-10)25-13-3-4-14(26(2,23)24)15-12(13)8-17(19,20)16(15)21/h3-7,16H,8,21H2,2H3/t16-/m0/s1. The van der Waals surface area contributed by atoms with Gasteiger partial charge < -0.3 is 10.5 Å². The molecule has 0 spiro atoms. The van der Waals surface area contributed by atoms with Gasteiger partial charge in [0.05, 0.1) is 17.5 Å². The van der Waals surface area contributed by atoms with Crippen LogP contribution in [-0.2, 0) is 16.3 Å². The maximum Gasteiger partial charge on any atom is 0.271 e. The molecular formula is C17H13F3N2O3S. The van der Waals surface area contributed by atoms with Crippen LogP contribution in [0.2, 0.25) is 0 Å². The molecule has 0 bridgehead atoms. The lowest BCUT2D eigenvalue weighted by atomic mass is 10.1. The summed E-state index contributed by atoms with van der Waals surface area (Å²) in [5.41, 5.74) is 5.32. The van der Waals surface area contributed by atoms with Crippen LogP contribution < -0.4 is 10.5 Å². The second kappa shape index (κ2) is 6.00. The lowest BCUT2D eigenvalue weighted by Crippen LogP contribution is -2.29. The van der Waals surface area contributed by atoms with E-state index in [1.54, 1.807) is 0 Å². The van der Waals surface area contributed by atoms with Crippen LogP contribution >= 0.6 is 0 Å². The van der Waals surface area contributed by atoms with Crippen molar-refractivity contribution in [3.05, 3.63) is 58.7 Å². The first kappa shape index (κ1) is 18.2. The number of hydrogen-bond donors (Lipinski definition) is 1. The van der Waals surface area contributed by atoms with Crippen LogP contribution in [0.3, 0.4) is 0 Å². The molecule has 26 heavy (non-hydrogen) atoms. The Kier molecular flexibility index (Phi) is 4.21. The largest absolute Gasteiger partial charge is 0.458 e. The molecule has 5 nitrogen and oxygen atoms in total. The topological polar surface area (TPSA) is 73.8 Å². The van der Waals surface area contributed by atoms with Crippen molar-refractivity contribution in [2.45, 2.75) is 23.3 Å². The molecule has 3 rings (SSSR count). The number of nitrogens with zero attached hydrogens (tertiary/aromatic N) is 1. The van der Waals surface area contributed by atoms with E-state index < -0.39 is 34.0 Å². The molecule has 0 aliphatic heterocycles. The summed E-state index contributed by atoms with van der Waals surface area (Å²) >= 11 is 0. The quantitative estimate of drug-likeness (QED) is 0.821. The number of hydrogen-bond acceptors (Lipinski definition) is 4. The van der Waals surface area contributed by atoms with Gasteiger partial charge in [-0.3, -0.25) is 0 Å². The van der Waals surface area contributed by atoms with Gasteiger partial charge in [-0.1, -0.05) is 0 Å². The summed E-state index contributed by atoms with van der Waals surface area (Å²) in [5.74, 6) is -4.18. The number of halogens is 3. The zero-order chi connectivity index (χ0) is 19.3. The van der Waals surface area contributed by atoms with E-state index in [9.17, 15) is 21.6 Å². The average Bonchev–Trinajstić information content (AvgIpc) is 2.77. The Morgan fingerprint density at radius 1 is 1.31 bits per heavy atom. The Balaban J connectivity index is 2.15. The number of nitrogens with two attached hydrogens (primary N) is 1. The van der Waals surface area contributed by atoms with Crippen LogP contribution in [0.4, 0.5) is 18.9 Å². The van der Waals surface area contributed by atoms with Gasteiger partial charge in [0.15, 0.2) is 15.5 Å². The SMILES string of the molecule is [C-]#[N+]c1cc(F)cc(Oc2ccc(S(C)(=O)=O)c3c2CC(F)(F)[C@H]3N)c1. The van der Waals surface area contributed by atoms with Gasteiger partial charge in [-0.15, -0.1) is 0 Å². The van der Waals surface area contributed by atoms with E-state index >= 15 is 0 Å². The zero-order valence-electron chi connectivity index (χ0n) is 13.5. The van der Waals surface area contributed by atoms with Crippen molar-refractivity contribution >= 4 is 15.5 Å². The number of rotatable bonds is 3. The van der Waals surface area contributed by atoms with Crippen LogP contribution in [0.15, 0.2) is 35.2 Å². The number of benzene rings is 2. The van der Waals surface area contributed by atoms with E-state index in [4.69, 9.17) is 17.0 Å². The molecule has 1 aliphatic rings. The van der Waals surface area contributed by atoms with Gasteiger partial charge in [-0.2, -0.15) is 0 Å². The van der Waals surface area contributed by atoms with Crippen LogP contribution in [0, 0.1) is 12.4 Å². The Labute approximate surface area is 147 Å². The third kappa shape index (κ3) is 3.13. The minimum absolute atomic E-state index is 0.0218. The van der Waals surface area contributed by atoms with E-state index in [0.717, 1.165) is 24.5 Å². The Morgan fingerprint density at radius 3 is 2.62 bits per heavy atom. The lowest BCUT2D eigenvalue weighted by molar-refractivity contribution is -0.0141. The molecule has 2 aromatic rings. The second-order valence-electron chi connectivity index (χ2n) is 6.00. The summed E-state index contributed by atoms with van der Waals surface area (Å²) in [6.45, 7) is 6.94. The minimum atomic E-state index is -3.79. The first-order valence-electron chi connectivity index (χ1n) is 7.38. The highest BCUT2D eigenvalue weighted by molar-refractivity contribution is 7.90. The summed E-state index contributed by atoms with van der Waals surface area (Å²) < 4.78 is 71.1. The van der Waals surface area contributed by atoms with E-state index in [1.807, 2.05) is 0 Å². The van der Waals surface area contributed by atoms with Gasteiger partial charge in [-0.05, 0) is 24.3 Å². The summed E-state index contributed by atoms with van der Waals surface area (Å²) in [5, 5.41) is 0. The van der Waals surface area contributed by atoms with Crippen LogP contribution in [0.5, 0.6) is 11.5 Å². The van der Waals surface area contributed by atoms with Gasteiger partial charge in [0.1, 0.15) is 17.3 Å². The van der Waals surface area contributed by atoms with Crippen molar-refractivity contribution < 1.29 is 26.3 Å². The molecule has 0 radical (unpaired) electrons. The van der Waals surface area contributed by atoms with E-state index in [-0.39, 0.29) is 33.2 Å². The number of fused-ring (bicyclic) bond motifs is 1. The van der Waals surface area contributed by atoms with Crippen molar-refractivity contribution in [3.8, 4) is 11.5 Å². The highest BCUT2D eigenvalue weighted by Gasteiger charge is 2.49. The molecule has 2 N–H and O–H groups in total. The number of sulfone groups is 1. The Bertz CT molecular complexity index is 1050. The molecule has 0 fully saturated rings. The zero-order valence-corrected chi connectivity index (χ0v) is 14.3. The van der Waals surface area contributed by atoms with Gasteiger partial charge >= 0.3 is 0 Å². The smallest absolute Gasteiger partial charge is 0.271 e. The molecule has 0 amide bonds. The van der Waals surface area contributed by atoms with Gasteiger partial charge in [0, 0.05) is 29.9 Å². The molecule has 0 unspecified atom stereocenters. The third-order valence-corrected chi connectivity index (χ3v) is 5.22. The predicted octanol–water partition coefficient (Wildman–Crippen LogP) is 3.76. The van der Waals surface area contributed by atoms with Crippen molar-refractivity contribution in [1.29, 1.82) is 0 Å².